The first-order valence-electron chi connectivity index (χ1n) is 4.82. The molecule has 0 bridgehead atoms. The number of hydrogen-bond acceptors (Lipinski definition) is 3. The van der Waals surface area contributed by atoms with Crippen molar-refractivity contribution >= 4 is 5.65 Å². The fraction of sp³-hybridized carbons (Fsp3) is 0.300. The van der Waals surface area contributed by atoms with Gasteiger partial charge in [-0.3, -0.25) is 4.40 Å². The van der Waals surface area contributed by atoms with E-state index in [1.807, 2.05) is 6.92 Å². The normalized spacial score (nSPS) is 10.7. The first-order valence-corrected chi connectivity index (χ1v) is 4.82. The van der Waals surface area contributed by atoms with Gasteiger partial charge in [-0.15, -0.1) is 0 Å². The predicted octanol–water partition coefficient (Wildman–Crippen LogP) is 0.266. The average molecular weight is 205 g/mol. The summed E-state index contributed by atoms with van der Waals surface area (Å²) >= 11 is 0. The van der Waals surface area contributed by atoms with Gasteiger partial charge >= 0.3 is 11.4 Å². The van der Waals surface area contributed by atoms with E-state index in [2.05, 4.69) is 4.98 Å². The molecule has 0 amide bonds. The molecule has 5 nitrogen and oxygen atoms in total. The Morgan fingerprint density at radius 2 is 2.13 bits per heavy atom. The molecule has 2 rings (SSSR count). The van der Waals surface area contributed by atoms with Crippen LogP contribution >= 0.6 is 0 Å². The van der Waals surface area contributed by atoms with Crippen molar-refractivity contribution in [2.24, 2.45) is 0 Å². The van der Waals surface area contributed by atoms with E-state index in [9.17, 15) is 9.59 Å². The molecule has 2 aromatic rings. The predicted molar refractivity (Wildman–Crippen MR) is 56.0 cm³/mol. The molecule has 0 saturated carbocycles. The van der Waals surface area contributed by atoms with E-state index in [4.69, 9.17) is 0 Å². The van der Waals surface area contributed by atoms with Crippen molar-refractivity contribution in [2.45, 2.75) is 19.9 Å². The lowest BCUT2D eigenvalue weighted by Crippen LogP contribution is -2.39. The lowest BCUT2D eigenvalue weighted by atomic mass is 10.4. The van der Waals surface area contributed by atoms with Crippen LogP contribution in [0.2, 0.25) is 0 Å². The van der Waals surface area contributed by atoms with Gasteiger partial charge in [0.25, 0.3) is 0 Å². The van der Waals surface area contributed by atoms with Crippen LogP contribution < -0.4 is 11.4 Å². The maximum absolute atomic E-state index is 11.8. The summed E-state index contributed by atoms with van der Waals surface area (Å²) < 4.78 is 2.52. The van der Waals surface area contributed by atoms with Crippen LogP contribution in [-0.4, -0.2) is 14.0 Å². The van der Waals surface area contributed by atoms with Crippen LogP contribution in [0.25, 0.3) is 5.65 Å². The van der Waals surface area contributed by atoms with Crippen LogP contribution in [0.5, 0.6) is 0 Å². The van der Waals surface area contributed by atoms with Crippen LogP contribution in [0.15, 0.2) is 34.0 Å². The summed E-state index contributed by atoms with van der Waals surface area (Å²) in [4.78, 5) is 27.1. The van der Waals surface area contributed by atoms with Crippen LogP contribution in [0.3, 0.4) is 0 Å². The van der Waals surface area contributed by atoms with Gasteiger partial charge in [0, 0.05) is 12.7 Å². The summed E-state index contributed by atoms with van der Waals surface area (Å²) in [7, 11) is 0. The Balaban J connectivity index is 2.85. The number of hydrogen-bond donors (Lipinski definition) is 0. The highest BCUT2D eigenvalue weighted by atomic mass is 16.2. The highest BCUT2D eigenvalue weighted by Crippen LogP contribution is 1.91. The first kappa shape index (κ1) is 9.64. The second kappa shape index (κ2) is 3.68. The quantitative estimate of drug-likeness (QED) is 0.707. The Labute approximate surface area is 85.6 Å². The maximum atomic E-state index is 11.8. The molecule has 78 valence electrons. The molecule has 0 aromatic carbocycles. The zero-order valence-electron chi connectivity index (χ0n) is 8.38. The van der Waals surface area contributed by atoms with Gasteiger partial charge in [-0.05, 0) is 18.6 Å². The van der Waals surface area contributed by atoms with Crippen molar-refractivity contribution in [1.29, 1.82) is 0 Å². The summed E-state index contributed by atoms with van der Waals surface area (Å²) in [6.07, 6.45) is 2.34. The smallest absolute Gasteiger partial charge is 0.253 e. The number of pyridine rings is 1. The highest BCUT2D eigenvalue weighted by Gasteiger charge is 2.04. The van der Waals surface area contributed by atoms with Gasteiger partial charge in [0.2, 0.25) is 0 Å². The lowest BCUT2D eigenvalue weighted by Gasteiger charge is -2.04. The number of nitrogens with zero attached hydrogens (tertiary/aromatic N) is 3. The van der Waals surface area contributed by atoms with E-state index >= 15 is 0 Å². The Bertz CT molecular complexity index is 597. The summed E-state index contributed by atoms with van der Waals surface area (Å²) in [5.74, 6) is 0. The van der Waals surface area contributed by atoms with E-state index in [0.29, 0.717) is 12.2 Å². The molecule has 0 radical (unpaired) electrons. The second-order valence-corrected chi connectivity index (χ2v) is 3.26. The molecule has 0 saturated heterocycles. The summed E-state index contributed by atoms with van der Waals surface area (Å²) in [5.41, 5.74) is -0.416. The molecule has 0 unspecified atom stereocenters. The molecule has 0 aliphatic heterocycles. The van der Waals surface area contributed by atoms with Crippen LogP contribution in [0, 0.1) is 0 Å². The molecular formula is C10H11N3O2. The third-order valence-electron chi connectivity index (χ3n) is 2.16. The molecule has 0 fully saturated rings. The number of fused-ring (bicyclic) bond motifs is 1. The molecule has 0 aliphatic carbocycles. The number of rotatable bonds is 2. The topological polar surface area (TPSA) is 56.4 Å². The largest absolute Gasteiger partial charge is 0.353 e. The molecule has 0 N–H and O–H groups in total. The van der Waals surface area contributed by atoms with E-state index in [1.54, 1.807) is 24.4 Å². The monoisotopic (exact) mass is 205 g/mol. The van der Waals surface area contributed by atoms with Crippen molar-refractivity contribution < 1.29 is 0 Å². The van der Waals surface area contributed by atoms with E-state index in [1.165, 1.54) is 4.40 Å². The van der Waals surface area contributed by atoms with Crippen molar-refractivity contribution in [1.82, 2.24) is 14.0 Å². The van der Waals surface area contributed by atoms with Crippen LogP contribution in [0.4, 0.5) is 0 Å². The average Bonchev–Trinajstić information content (AvgIpc) is 2.24. The summed E-state index contributed by atoms with van der Waals surface area (Å²) in [6.45, 7) is 2.31. The van der Waals surface area contributed by atoms with Crippen molar-refractivity contribution in [2.75, 3.05) is 0 Å². The third-order valence-corrected chi connectivity index (χ3v) is 2.16. The first-order chi connectivity index (χ1) is 7.24. The molecular weight excluding hydrogens is 194 g/mol. The fourth-order valence-electron chi connectivity index (χ4n) is 1.47. The molecule has 5 heteroatoms. The van der Waals surface area contributed by atoms with E-state index < -0.39 is 5.69 Å². The van der Waals surface area contributed by atoms with Gasteiger partial charge < -0.3 is 0 Å². The number of aromatic nitrogens is 3. The SMILES string of the molecule is CCCn1c(=O)nc2ccccn2c1=O. The Hall–Kier alpha value is -1.91. The third kappa shape index (κ3) is 1.56. The Morgan fingerprint density at radius 1 is 1.33 bits per heavy atom. The zero-order chi connectivity index (χ0) is 10.8. The lowest BCUT2D eigenvalue weighted by molar-refractivity contribution is 0.589. The molecule has 0 spiro atoms. The molecule has 0 atom stereocenters. The molecule has 2 heterocycles. The van der Waals surface area contributed by atoms with Gasteiger partial charge in [-0.2, -0.15) is 4.98 Å². The summed E-state index contributed by atoms with van der Waals surface area (Å²) in [5, 5.41) is 0. The zero-order valence-corrected chi connectivity index (χ0v) is 8.38. The van der Waals surface area contributed by atoms with Gasteiger partial charge in [0.05, 0.1) is 0 Å². The fourth-order valence-corrected chi connectivity index (χ4v) is 1.47. The standard InChI is InChI=1S/C10H11N3O2/c1-2-6-13-9(14)11-8-5-3-4-7-12(8)10(13)15/h3-5,7H,2,6H2,1H3. The van der Waals surface area contributed by atoms with E-state index in [0.717, 1.165) is 11.0 Å². The minimum absolute atomic E-state index is 0.326. The second-order valence-electron chi connectivity index (χ2n) is 3.26. The molecule has 15 heavy (non-hydrogen) atoms. The van der Waals surface area contributed by atoms with Crippen molar-refractivity contribution in [3.8, 4) is 0 Å². The molecule has 2 aromatic heterocycles. The van der Waals surface area contributed by atoms with Crippen LogP contribution in [0.1, 0.15) is 13.3 Å². The van der Waals surface area contributed by atoms with Crippen LogP contribution in [-0.2, 0) is 6.54 Å². The van der Waals surface area contributed by atoms with E-state index in [-0.39, 0.29) is 5.69 Å². The minimum atomic E-state index is -0.479. The minimum Gasteiger partial charge on any atom is -0.253 e. The maximum Gasteiger partial charge on any atom is 0.353 e. The van der Waals surface area contributed by atoms with Crippen molar-refractivity contribution in [3.63, 3.8) is 0 Å². The Morgan fingerprint density at radius 3 is 2.87 bits per heavy atom. The van der Waals surface area contributed by atoms with Gasteiger partial charge in [0.15, 0.2) is 0 Å². The van der Waals surface area contributed by atoms with Gasteiger partial charge in [-0.1, -0.05) is 13.0 Å². The molecule has 0 aliphatic rings. The van der Waals surface area contributed by atoms with Gasteiger partial charge in [0.1, 0.15) is 5.65 Å². The summed E-state index contributed by atoms with van der Waals surface area (Å²) in [6, 6.07) is 5.11. The Kier molecular flexibility index (Phi) is 2.37. The van der Waals surface area contributed by atoms with Gasteiger partial charge in [-0.25, -0.2) is 14.2 Å². The highest BCUT2D eigenvalue weighted by molar-refractivity contribution is 5.35. The van der Waals surface area contributed by atoms with Crippen molar-refractivity contribution in [3.05, 3.63) is 45.4 Å².